The molecule has 3 atom stereocenters. The van der Waals surface area contributed by atoms with Crippen LogP contribution in [-0.2, 0) is 23.9 Å². The number of hydrogen-bond acceptors (Lipinski definition) is 7. The Hall–Kier alpha value is -1.47. The van der Waals surface area contributed by atoms with Gasteiger partial charge in [0.2, 0.25) is 11.9 Å². The van der Waals surface area contributed by atoms with Crippen LogP contribution in [-0.4, -0.2) is 52.9 Å². The highest BCUT2D eigenvalue weighted by atomic mass is 16.6. The fourth-order valence-electron chi connectivity index (χ4n) is 3.77. The quantitative estimate of drug-likeness (QED) is 0.177. The van der Waals surface area contributed by atoms with Crippen LogP contribution in [0.3, 0.4) is 0 Å². The largest absolute Gasteiger partial charge is 0.463 e. The SMILES string of the molecule is CCCCCCCCCCCCCCCCCC(=O)OCC(O)C1OC(=O)C(O)C1=O. The molecule has 1 heterocycles. The molecule has 0 bridgehead atoms. The standard InChI is InChI=1S/C24H42O7/c1-2-3-4-5-6-7-8-9-10-11-12-13-14-15-16-17-20(26)30-18-19(25)23-21(27)22(28)24(29)31-23/h19,22-23,25,28H,2-18H2,1H3. The average Bonchev–Trinajstić information content (AvgIpc) is 3.02. The number of rotatable bonds is 19. The van der Waals surface area contributed by atoms with Crippen molar-refractivity contribution in [3.05, 3.63) is 0 Å². The second-order valence-electron chi connectivity index (χ2n) is 8.61. The van der Waals surface area contributed by atoms with Crippen LogP contribution < -0.4 is 0 Å². The van der Waals surface area contributed by atoms with Crippen molar-refractivity contribution in [3.8, 4) is 0 Å². The number of aliphatic hydroxyl groups is 2. The predicted octanol–water partition coefficient (Wildman–Crippen LogP) is 4.01. The van der Waals surface area contributed by atoms with Gasteiger partial charge < -0.3 is 19.7 Å². The lowest BCUT2D eigenvalue weighted by atomic mass is 10.0. The molecule has 1 rings (SSSR count). The minimum absolute atomic E-state index is 0.256. The Bertz CT molecular complexity index is 520. The first-order valence-electron chi connectivity index (χ1n) is 12.2. The average molecular weight is 443 g/mol. The van der Waals surface area contributed by atoms with Gasteiger partial charge in [-0.1, -0.05) is 96.8 Å². The molecule has 0 saturated carbocycles. The maximum absolute atomic E-state index is 11.7. The van der Waals surface area contributed by atoms with Crippen LogP contribution in [0.4, 0.5) is 0 Å². The Morgan fingerprint density at radius 2 is 1.32 bits per heavy atom. The van der Waals surface area contributed by atoms with E-state index >= 15 is 0 Å². The first kappa shape index (κ1) is 27.6. The highest BCUT2D eigenvalue weighted by Gasteiger charge is 2.46. The van der Waals surface area contributed by atoms with Gasteiger partial charge in [0.15, 0.2) is 6.10 Å². The summed E-state index contributed by atoms with van der Waals surface area (Å²) in [7, 11) is 0. The Morgan fingerprint density at radius 3 is 1.74 bits per heavy atom. The summed E-state index contributed by atoms with van der Waals surface area (Å²) in [6, 6.07) is 0. The molecule has 1 aliphatic heterocycles. The number of carbonyl (C=O) groups excluding carboxylic acids is 3. The zero-order chi connectivity index (χ0) is 22.9. The van der Waals surface area contributed by atoms with Gasteiger partial charge in [0.25, 0.3) is 0 Å². The molecule has 1 aliphatic rings. The van der Waals surface area contributed by atoms with Crippen molar-refractivity contribution in [2.24, 2.45) is 0 Å². The lowest BCUT2D eigenvalue weighted by Crippen LogP contribution is -2.38. The summed E-state index contributed by atoms with van der Waals surface area (Å²) in [4.78, 5) is 34.4. The summed E-state index contributed by atoms with van der Waals surface area (Å²) >= 11 is 0. The Labute approximate surface area is 186 Å². The molecule has 3 unspecified atom stereocenters. The molecule has 0 spiro atoms. The number of esters is 2. The fourth-order valence-corrected chi connectivity index (χ4v) is 3.77. The summed E-state index contributed by atoms with van der Waals surface area (Å²) in [6.07, 6.45) is 14.2. The van der Waals surface area contributed by atoms with E-state index in [0.717, 1.165) is 19.3 Å². The molecule has 0 aliphatic carbocycles. The summed E-state index contributed by atoms with van der Waals surface area (Å²) in [5, 5.41) is 19.0. The first-order valence-corrected chi connectivity index (χ1v) is 12.2. The molecule has 1 fully saturated rings. The number of Topliss-reactive ketones (excluding diaryl/α,β-unsaturated/α-hetero) is 1. The highest BCUT2D eigenvalue weighted by Crippen LogP contribution is 2.16. The fraction of sp³-hybridized carbons (Fsp3) is 0.875. The number of carbonyl (C=O) groups is 3. The van der Waals surface area contributed by atoms with Crippen LogP contribution in [0.15, 0.2) is 0 Å². The molecule has 7 heteroatoms. The van der Waals surface area contributed by atoms with Crippen molar-refractivity contribution in [1.29, 1.82) is 0 Å². The van der Waals surface area contributed by atoms with E-state index in [-0.39, 0.29) is 6.42 Å². The van der Waals surface area contributed by atoms with Crippen molar-refractivity contribution in [2.45, 2.75) is 128 Å². The highest BCUT2D eigenvalue weighted by molar-refractivity contribution is 6.09. The molecule has 0 aromatic carbocycles. The maximum Gasteiger partial charge on any atom is 0.343 e. The van der Waals surface area contributed by atoms with Gasteiger partial charge in [-0.2, -0.15) is 0 Å². The Morgan fingerprint density at radius 1 is 0.871 bits per heavy atom. The molecule has 7 nitrogen and oxygen atoms in total. The van der Waals surface area contributed by atoms with E-state index in [2.05, 4.69) is 11.7 Å². The Kier molecular flexibility index (Phi) is 15.2. The van der Waals surface area contributed by atoms with Crippen LogP contribution in [0.5, 0.6) is 0 Å². The van der Waals surface area contributed by atoms with Gasteiger partial charge in [0.05, 0.1) is 0 Å². The predicted molar refractivity (Wildman–Crippen MR) is 117 cm³/mol. The summed E-state index contributed by atoms with van der Waals surface area (Å²) in [5.41, 5.74) is 0. The minimum Gasteiger partial charge on any atom is -0.463 e. The third kappa shape index (κ3) is 12.2. The molecule has 2 N–H and O–H groups in total. The van der Waals surface area contributed by atoms with Crippen molar-refractivity contribution in [1.82, 2.24) is 0 Å². The van der Waals surface area contributed by atoms with Gasteiger partial charge in [-0.25, -0.2) is 4.79 Å². The van der Waals surface area contributed by atoms with Crippen LogP contribution >= 0.6 is 0 Å². The lowest BCUT2D eigenvalue weighted by molar-refractivity contribution is -0.156. The Balaban J connectivity index is 1.87. The third-order valence-corrected chi connectivity index (χ3v) is 5.77. The minimum atomic E-state index is -1.87. The second-order valence-corrected chi connectivity index (χ2v) is 8.61. The van der Waals surface area contributed by atoms with E-state index < -0.39 is 42.6 Å². The number of cyclic esters (lactones) is 1. The van der Waals surface area contributed by atoms with E-state index in [0.29, 0.717) is 0 Å². The second kappa shape index (κ2) is 17.1. The number of unbranched alkanes of at least 4 members (excludes halogenated alkanes) is 14. The summed E-state index contributed by atoms with van der Waals surface area (Å²) < 4.78 is 9.53. The van der Waals surface area contributed by atoms with Gasteiger partial charge in [-0.05, 0) is 6.42 Å². The van der Waals surface area contributed by atoms with Crippen molar-refractivity contribution in [2.75, 3.05) is 6.61 Å². The first-order chi connectivity index (χ1) is 15.0. The molecule has 0 radical (unpaired) electrons. The third-order valence-electron chi connectivity index (χ3n) is 5.77. The number of aliphatic hydroxyl groups excluding tert-OH is 2. The van der Waals surface area contributed by atoms with E-state index in [9.17, 15) is 24.6 Å². The molecule has 0 aromatic rings. The van der Waals surface area contributed by atoms with Crippen LogP contribution in [0.1, 0.15) is 110 Å². The zero-order valence-corrected chi connectivity index (χ0v) is 19.2. The van der Waals surface area contributed by atoms with Crippen molar-refractivity contribution >= 4 is 17.7 Å². The van der Waals surface area contributed by atoms with Gasteiger partial charge in [-0.3, -0.25) is 9.59 Å². The topological polar surface area (TPSA) is 110 Å². The number of ketones is 1. The summed E-state index contributed by atoms with van der Waals surface area (Å²) in [6.45, 7) is 1.81. The van der Waals surface area contributed by atoms with E-state index in [1.807, 2.05) is 0 Å². The number of ether oxygens (including phenoxy) is 2. The smallest absolute Gasteiger partial charge is 0.343 e. The van der Waals surface area contributed by atoms with Gasteiger partial charge >= 0.3 is 11.9 Å². The summed E-state index contributed by atoms with van der Waals surface area (Å²) in [5.74, 6) is -2.44. The van der Waals surface area contributed by atoms with Crippen LogP contribution in [0.25, 0.3) is 0 Å². The van der Waals surface area contributed by atoms with Gasteiger partial charge in [0, 0.05) is 6.42 Å². The van der Waals surface area contributed by atoms with Crippen molar-refractivity contribution < 1.29 is 34.1 Å². The van der Waals surface area contributed by atoms with Gasteiger partial charge in [-0.15, -0.1) is 0 Å². The lowest BCUT2D eigenvalue weighted by Gasteiger charge is -2.15. The van der Waals surface area contributed by atoms with E-state index in [1.54, 1.807) is 0 Å². The molecular weight excluding hydrogens is 400 g/mol. The monoisotopic (exact) mass is 442 g/mol. The van der Waals surface area contributed by atoms with Crippen LogP contribution in [0, 0.1) is 0 Å². The molecule has 0 aromatic heterocycles. The molecule has 180 valence electrons. The molecular formula is C24H42O7. The molecule has 31 heavy (non-hydrogen) atoms. The van der Waals surface area contributed by atoms with E-state index in [1.165, 1.54) is 77.0 Å². The normalized spacial score (nSPS) is 19.5. The maximum atomic E-state index is 11.7. The van der Waals surface area contributed by atoms with Crippen LogP contribution in [0.2, 0.25) is 0 Å². The molecule has 0 amide bonds. The van der Waals surface area contributed by atoms with E-state index in [4.69, 9.17) is 4.74 Å². The van der Waals surface area contributed by atoms with Gasteiger partial charge in [0.1, 0.15) is 12.7 Å². The van der Waals surface area contributed by atoms with Crippen molar-refractivity contribution in [3.63, 3.8) is 0 Å². The zero-order valence-electron chi connectivity index (χ0n) is 19.2. The number of hydrogen-bond donors (Lipinski definition) is 2. The molecule has 1 saturated heterocycles.